The molecule has 2 atom stereocenters. The van der Waals surface area contributed by atoms with E-state index in [1.165, 1.54) is 37.8 Å². The van der Waals surface area contributed by atoms with Crippen LogP contribution in [0.2, 0.25) is 0 Å². The van der Waals surface area contributed by atoms with Gasteiger partial charge in [0.2, 0.25) is 0 Å². The van der Waals surface area contributed by atoms with Gasteiger partial charge in [0.25, 0.3) is 5.69 Å². The summed E-state index contributed by atoms with van der Waals surface area (Å²) in [6.45, 7) is 3.19. The second-order valence-corrected chi connectivity index (χ2v) is 5.55. The smallest absolute Gasteiger partial charge is 0.271 e. The number of nitrogen functional groups attached to an aromatic ring is 1. The zero-order valence-corrected chi connectivity index (χ0v) is 11.3. The van der Waals surface area contributed by atoms with Gasteiger partial charge in [-0.2, -0.15) is 0 Å². The van der Waals surface area contributed by atoms with Gasteiger partial charge in [0.1, 0.15) is 0 Å². The topological polar surface area (TPSA) is 81.2 Å². The molecule has 0 radical (unpaired) electrons. The normalized spacial score (nSPS) is 23.0. The highest BCUT2D eigenvalue weighted by Gasteiger charge is 2.19. The van der Waals surface area contributed by atoms with E-state index in [2.05, 4.69) is 12.2 Å². The van der Waals surface area contributed by atoms with Gasteiger partial charge >= 0.3 is 0 Å². The van der Waals surface area contributed by atoms with Crippen molar-refractivity contribution < 1.29 is 4.92 Å². The van der Waals surface area contributed by atoms with Crippen molar-refractivity contribution in [1.82, 2.24) is 0 Å². The standard InChI is InChI=1S/C14H21N3O2/c1-10-3-2-4-11(7-10)9-16-14-6-5-12(17(18)19)8-13(14)15/h5-6,8,10-11,16H,2-4,7,9,15H2,1H3. The van der Waals surface area contributed by atoms with Crippen LogP contribution in [0.1, 0.15) is 32.6 Å². The Labute approximate surface area is 113 Å². The van der Waals surface area contributed by atoms with Crippen LogP contribution in [0.4, 0.5) is 17.1 Å². The van der Waals surface area contributed by atoms with Crippen molar-refractivity contribution in [3.63, 3.8) is 0 Å². The minimum atomic E-state index is -0.428. The third-order valence-electron chi connectivity index (χ3n) is 3.87. The summed E-state index contributed by atoms with van der Waals surface area (Å²) in [4.78, 5) is 10.2. The number of benzene rings is 1. The highest BCUT2D eigenvalue weighted by molar-refractivity contribution is 5.69. The van der Waals surface area contributed by atoms with Crippen molar-refractivity contribution in [2.75, 3.05) is 17.6 Å². The predicted molar refractivity (Wildman–Crippen MR) is 77.1 cm³/mol. The monoisotopic (exact) mass is 263 g/mol. The molecule has 0 bridgehead atoms. The van der Waals surface area contributed by atoms with Gasteiger partial charge in [0.05, 0.1) is 16.3 Å². The molecule has 1 aliphatic rings. The number of nitro benzene ring substituents is 1. The highest BCUT2D eigenvalue weighted by Crippen LogP contribution is 2.30. The van der Waals surface area contributed by atoms with Crippen LogP contribution in [0, 0.1) is 22.0 Å². The van der Waals surface area contributed by atoms with E-state index < -0.39 is 4.92 Å². The van der Waals surface area contributed by atoms with Crippen molar-refractivity contribution >= 4 is 17.1 Å². The maximum Gasteiger partial charge on any atom is 0.271 e. The van der Waals surface area contributed by atoms with Crippen LogP contribution in [0.5, 0.6) is 0 Å². The zero-order valence-electron chi connectivity index (χ0n) is 11.3. The number of anilines is 2. The first-order chi connectivity index (χ1) is 9.06. The number of rotatable bonds is 4. The van der Waals surface area contributed by atoms with Gasteiger partial charge in [-0.05, 0) is 30.7 Å². The molecule has 19 heavy (non-hydrogen) atoms. The fraction of sp³-hybridized carbons (Fsp3) is 0.571. The predicted octanol–water partition coefficient (Wildman–Crippen LogP) is 3.42. The average Bonchev–Trinajstić information content (AvgIpc) is 2.37. The third kappa shape index (κ3) is 3.59. The van der Waals surface area contributed by atoms with E-state index in [4.69, 9.17) is 5.73 Å². The maximum absolute atomic E-state index is 10.6. The van der Waals surface area contributed by atoms with Gasteiger partial charge in [-0.1, -0.05) is 19.8 Å². The molecule has 0 amide bonds. The Hall–Kier alpha value is -1.78. The van der Waals surface area contributed by atoms with Crippen LogP contribution < -0.4 is 11.1 Å². The summed E-state index contributed by atoms with van der Waals surface area (Å²) in [5.41, 5.74) is 7.11. The summed E-state index contributed by atoms with van der Waals surface area (Å²) in [6.07, 6.45) is 5.13. The number of hydrogen-bond acceptors (Lipinski definition) is 4. The molecule has 0 heterocycles. The van der Waals surface area contributed by atoms with Crippen molar-refractivity contribution in [1.29, 1.82) is 0 Å². The number of nitrogens with two attached hydrogens (primary N) is 1. The molecule has 1 saturated carbocycles. The lowest BCUT2D eigenvalue weighted by Gasteiger charge is -2.27. The van der Waals surface area contributed by atoms with Gasteiger partial charge in [-0.15, -0.1) is 0 Å². The van der Waals surface area contributed by atoms with E-state index in [-0.39, 0.29) is 5.69 Å². The quantitative estimate of drug-likeness (QED) is 0.495. The van der Waals surface area contributed by atoms with Crippen LogP contribution in [0.3, 0.4) is 0 Å². The second-order valence-electron chi connectivity index (χ2n) is 5.55. The van der Waals surface area contributed by atoms with E-state index in [0.29, 0.717) is 11.6 Å². The van der Waals surface area contributed by atoms with E-state index in [9.17, 15) is 10.1 Å². The molecule has 1 fully saturated rings. The van der Waals surface area contributed by atoms with E-state index >= 15 is 0 Å². The van der Waals surface area contributed by atoms with E-state index in [0.717, 1.165) is 18.2 Å². The molecule has 0 saturated heterocycles. The number of nitrogens with one attached hydrogen (secondary N) is 1. The molecule has 3 N–H and O–H groups in total. The first kappa shape index (κ1) is 13.6. The fourth-order valence-corrected chi connectivity index (χ4v) is 2.82. The molecule has 0 aliphatic heterocycles. The van der Waals surface area contributed by atoms with Crippen molar-refractivity contribution in [3.8, 4) is 0 Å². The molecule has 1 aromatic rings. The summed E-state index contributed by atoms with van der Waals surface area (Å²) >= 11 is 0. The Balaban J connectivity index is 1.94. The largest absolute Gasteiger partial charge is 0.397 e. The molecule has 5 nitrogen and oxygen atoms in total. The average molecular weight is 263 g/mol. The minimum absolute atomic E-state index is 0.0364. The Kier molecular flexibility index (Phi) is 4.24. The van der Waals surface area contributed by atoms with Crippen LogP contribution in [-0.4, -0.2) is 11.5 Å². The molecular weight excluding hydrogens is 242 g/mol. The SMILES string of the molecule is CC1CCCC(CNc2ccc([N+](=O)[O-])cc2N)C1. The lowest BCUT2D eigenvalue weighted by atomic mass is 9.82. The summed E-state index contributed by atoms with van der Waals surface area (Å²) in [5, 5.41) is 14.0. The Morgan fingerprint density at radius 3 is 2.89 bits per heavy atom. The van der Waals surface area contributed by atoms with Crippen molar-refractivity contribution in [2.24, 2.45) is 11.8 Å². The van der Waals surface area contributed by atoms with Gasteiger partial charge in [-0.25, -0.2) is 0 Å². The molecule has 1 aliphatic carbocycles. The highest BCUT2D eigenvalue weighted by atomic mass is 16.6. The number of nitro groups is 1. The number of nitrogens with zero attached hydrogens (tertiary/aromatic N) is 1. The molecule has 0 spiro atoms. The van der Waals surface area contributed by atoms with Gasteiger partial charge < -0.3 is 11.1 Å². The first-order valence-electron chi connectivity index (χ1n) is 6.84. The lowest BCUT2D eigenvalue weighted by Crippen LogP contribution is -2.21. The molecule has 0 aromatic heterocycles. The molecule has 1 aromatic carbocycles. The van der Waals surface area contributed by atoms with Crippen LogP contribution in [0.25, 0.3) is 0 Å². The second kappa shape index (κ2) is 5.91. The Morgan fingerprint density at radius 2 is 2.26 bits per heavy atom. The van der Waals surface area contributed by atoms with E-state index in [1.807, 2.05) is 0 Å². The molecule has 2 unspecified atom stereocenters. The summed E-state index contributed by atoms with van der Waals surface area (Å²) in [7, 11) is 0. The van der Waals surface area contributed by atoms with E-state index in [1.54, 1.807) is 6.07 Å². The summed E-state index contributed by atoms with van der Waals surface area (Å²) in [5.74, 6) is 1.48. The number of non-ortho nitro benzene ring substituents is 1. The Morgan fingerprint density at radius 1 is 1.47 bits per heavy atom. The molecule has 5 heteroatoms. The lowest BCUT2D eigenvalue weighted by molar-refractivity contribution is -0.384. The number of hydrogen-bond donors (Lipinski definition) is 2. The van der Waals surface area contributed by atoms with Crippen LogP contribution >= 0.6 is 0 Å². The fourth-order valence-electron chi connectivity index (χ4n) is 2.82. The van der Waals surface area contributed by atoms with Crippen molar-refractivity contribution in [3.05, 3.63) is 28.3 Å². The molecule has 2 rings (SSSR count). The zero-order chi connectivity index (χ0) is 13.8. The first-order valence-corrected chi connectivity index (χ1v) is 6.84. The van der Waals surface area contributed by atoms with Gasteiger partial charge in [-0.3, -0.25) is 10.1 Å². The third-order valence-corrected chi connectivity index (χ3v) is 3.87. The summed E-state index contributed by atoms with van der Waals surface area (Å²) in [6, 6.07) is 4.59. The van der Waals surface area contributed by atoms with Crippen molar-refractivity contribution in [2.45, 2.75) is 32.6 Å². The maximum atomic E-state index is 10.6. The molecular formula is C14H21N3O2. The summed E-state index contributed by atoms with van der Waals surface area (Å²) < 4.78 is 0. The Bertz CT molecular complexity index is 462. The van der Waals surface area contributed by atoms with Gasteiger partial charge in [0, 0.05) is 18.7 Å². The van der Waals surface area contributed by atoms with Crippen LogP contribution in [0.15, 0.2) is 18.2 Å². The van der Waals surface area contributed by atoms with Crippen LogP contribution in [-0.2, 0) is 0 Å². The molecule has 104 valence electrons. The van der Waals surface area contributed by atoms with Gasteiger partial charge in [0.15, 0.2) is 0 Å². The minimum Gasteiger partial charge on any atom is -0.397 e.